The van der Waals surface area contributed by atoms with Crippen molar-refractivity contribution in [1.82, 2.24) is 24.5 Å². The summed E-state index contributed by atoms with van der Waals surface area (Å²) in [5, 5.41) is 8.90. The van der Waals surface area contributed by atoms with Gasteiger partial charge in [-0.1, -0.05) is 0 Å². The van der Waals surface area contributed by atoms with Gasteiger partial charge in [0.05, 0.1) is 40.0 Å². The van der Waals surface area contributed by atoms with Crippen molar-refractivity contribution in [2.24, 2.45) is 0 Å². The molecule has 1 N–H and O–H groups in total. The van der Waals surface area contributed by atoms with Gasteiger partial charge in [-0.15, -0.1) is 11.3 Å². The van der Waals surface area contributed by atoms with Crippen LogP contribution in [-0.2, 0) is 30.2 Å². The summed E-state index contributed by atoms with van der Waals surface area (Å²) in [6.07, 6.45) is 2.98. The Morgan fingerprint density at radius 1 is 1.08 bits per heavy atom. The molecule has 1 fully saturated rings. The lowest BCUT2D eigenvalue weighted by molar-refractivity contribution is 0.0206. The van der Waals surface area contributed by atoms with Gasteiger partial charge in [0.2, 0.25) is 0 Å². The molecular weight excluding hydrogens is 659 g/mol. The van der Waals surface area contributed by atoms with Crippen molar-refractivity contribution >= 4 is 66.8 Å². The maximum absolute atomic E-state index is 14.2. The number of anilines is 3. The summed E-state index contributed by atoms with van der Waals surface area (Å²) in [5.74, 6) is 0.702. The molecule has 16 heteroatoms. The molecule has 2 amide bonds. The molecule has 3 aromatic heterocycles. The van der Waals surface area contributed by atoms with E-state index in [9.17, 15) is 18.0 Å². The Kier molecular flexibility index (Phi) is 9.91. The van der Waals surface area contributed by atoms with Crippen LogP contribution in [0.2, 0.25) is 0 Å². The van der Waals surface area contributed by atoms with Gasteiger partial charge in [-0.3, -0.25) is 4.18 Å². The average molecular weight is 702 g/mol. The summed E-state index contributed by atoms with van der Waals surface area (Å²) in [6.45, 7) is 13.4. The molecule has 0 bridgehead atoms. The number of ether oxygens (including phenoxy) is 2. The molecule has 0 aliphatic carbocycles. The summed E-state index contributed by atoms with van der Waals surface area (Å²) in [6, 6.07) is 6.97. The van der Waals surface area contributed by atoms with E-state index in [0.29, 0.717) is 41.6 Å². The number of nitrogens with zero attached hydrogens (tertiary/aromatic N) is 6. The fraction of sp³-hybridized carbons (Fsp3) is 0.531. The minimum absolute atomic E-state index is 0.0389. The van der Waals surface area contributed by atoms with E-state index in [1.165, 1.54) is 20.8 Å². The van der Waals surface area contributed by atoms with Gasteiger partial charge in [0.1, 0.15) is 17.0 Å². The standard InChI is InChI=1S/C32H43N7O7S2/c1-20-34-24-12-11-22(18-25(24)47-20)38(30(41)46-32(5,6)7)28-23(14-17-44-48(8,42)43)27(36-26-13-15-33-39(26)28)35-21-10-9-16-37(19-21)29(40)45-31(2,3)4/h11-13,15,18,21H,9-10,14,16-17,19H2,1-8H3,(H,35,36)/t21-/m0/s1. The van der Waals surface area contributed by atoms with Crippen molar-refractivity contribution in [2.45, 2.75) is 85.0 Å². The summed E-state index contributed by atoms with van der Waals surface area (Å²) >= 11 is 1.50. The van der Waals surface area contributed by atoms with E-state index in [4.69, 9.17) is 18.6 Å². The highest BCUT2D eigenvalue weighted by Crippen LogP contribution is 2.37. The third kappa shape index (κ3) is 8.71. The van der Waals surface area contributed by atoms with E-state index in [0.717, 1.165) is 34.3 Å². The molecule has 0 saturated carbocycles. The minimum Gasteiger partial charge on any atom is -0.444 e. The first kappa shape index (κ1) is 35.3. The second-order valence-corrected chi connectivity index (χ2v) is 16.6. The van der Waals surface area contributed by atoms with Gasteiger partial charge < -0.3 is 19.7 Å². The lowest BCUT2D eigenvalue weighted by Gasteiger charge is -2.35. The highest BCUT2D eigenvalue weighted by molar-refractivity contribution is 7.85. The molecule has 0 radical (unpaired) electrons. The van der Waals surface area contributed by atoms with Gasteiger partial charge in [-0.2, -0.15) is 18.0 Å². The van der Waals surface area contributed by atoms with Gasteiger partial charge in [0.15, 0.2) is 11.5 Å². The molecule has 1 aromatic carbocycles. The zero-order valence-corrected chi connectivity index (χ0v) is 30.2. The molecule has 0 unspecified atom stereocenters. The molecule has 14 nitrogen and oxygen atoms in total. The van der Waals surface area contributed by atoms with Crippen molar-refractivity contribution in [3.8, 4) is 0 Å². The van der Waals surface area contributed by atoms with Crippen LogP contribution in [0.25, 0.3) is 15.9 Å². The number of rotatable bonds is 8. The van der Waals surface area contributed by atoms with E-state index in [1.54, 1.807) is 44.0 Å². The Morgan fingerprint density at radius 2 is 1.81 bits per heavy atom. The molecule has 4 aromatic rings. The summed E-state index contributed by atoms with van der Waals surface area (Å²) < 4.78 is 43.2. The second-order valence-electron chi connectivity index (χ2n) is 13.8. The van der Waals surface area contributed by atoms with Crippen molar-refractivity contribution in [3.05, 3.63) is 41.0 Å². The molecule has 1 saturated heterocycles. The summed E-state index contributed by atoms with van der Waals surface area (Å²) in [7, 11) is -3.78. The van der Waals surface area contributed by atoms with Gasteiger partial charge >= 0.3 is 12.2 Å². The number of likely N-dealkylation sites (tertiary alicyclic amines) is 1. The van der Waals surface area contributed by atoms with Crippen molar-refractivity contribution in [2.75, 3.05) is 36.2 Å². The Balaban J connectivity index is 1.65. The number of aromatic nitrogens is 4. The van der Waals surface area contributed by atoms with Crippen LogP contribution in [-0.4, -0.2) is 88.3 Å². The molecule has 5 rings (SSSR count). The quantitative estimate of drug-likeness (QED) is 0.213. The van der Waals surface area contributed by atoms with E-state index in [2.05, 4.69) is 15.4 Å². The molecule has 1 atom stereocenters. The Bertz CT molecular complexity index is 1930. The van der Waals surface area contributed by atoms with E-state index in [-0.39, 0.29) is 19.1 Å². The van der Waals surface area contributed by atoms with Crippen molar-refractivity contribution < 1.29 is 31.7 Å². The number of hydrogen-bond acceptors (Lipinski definition) is 12. The average Bonchev–Trinajstić information content (AvgIpc) is 3.57. The van der Waals surface area contributed by atoms with Crippen LogP contribution in [0.3, 0.4) is 0 Å². The number of piperidine rings is 1. The van der Waals surface area contributed by atoms with Gasteiger partial charge in [0, 0.05) is 37.2 Å². The monoisotopic (exact) mass is 701 g/mol. The van der Waals surface area contributed by atoms with Crippen LogP contribution < -0.4 is 10.2 Å². The highest BCUT2D eigenvalue weighted by Gasteiger charge is 2.33. The number of nitrogens with one attached hydrogen (secondary N) is 1. The number of fused-ring (bicyclic) bond motifs is 2. The van der Waals surface area contributed by atoms with Crippen LogP contribution in [0.4, 0.5) is 26.9 Å². The van der Waals surface area contributed by atoms with Crippen molar-refractivity contribution in [3.63, 3.8) is 0 Å². The molecule has 48 heavy (non-hydrogen) atoms. The summed E-state index contributed by atoms with van der Waals surface area (Å²) in [5.41, 5.74) is 0.706. The number of aryl methyl sites for hydroxylation is 1. The lowest BCUT2D eigenvalue weighted by Crippen LogP contribution is -2.47. The van der Waals surface area contributed by atoms with E-state index >= 15 is 0 Å². The molecular formula is C32H43N7O7S2. The number of carbonyl (C=O) groups excluding carboxylic acids is 2. The maximum Gasteiger partial charge on any atom is 0.420 e. The first-order valence-corrected chi connectivity index (χ1v) is 18.4. The zero-order valence-electron chi connectivity index (χ0n) is 28.6. The third-order valence-corrected chi connectivity index (χ3v) is 8.72. The van der Waals surface area contributed by atoms with Crippen LogP contribution >= 0.6 is 11.3 Å². The van der Waals surface area contributed by atoms with Crippen LogP contribution in [0.15, 0.2) is 30.5 Å². The van der Waals surface area contributed by atoms with Crippen LogP contribution in [0.5, 0.6) is 0 Å². The smallest absolute Gasteiger partial charge is 0.420 e. The number of amides is 2. The third-order valence-electron chi connectivity index (χ3n) is 7.19. The second kappa shape index (κ2) is 13.5. The maximum atomic E-state index is 14.2. The van der Waals surface area contributed by atoms with Crippen LogP contribution in [0.1, 0.15) is 65.0 Å². The minimum atomic E-state index is -3.78. The Morgan fingerprint density at radius 3 is 2.50 bits per heavy atom. The predicted molar refractivity (Wildman–Crippen MR) is 185 cm³/mol. The van der Waals surface area contributed by atoms with Crippen LogP contribution in [0, 0.1) is 6.92 Å². The lowest BCUT2D eigenvalue weighted by atomic mass is 10.1. The fourth-order valence-electron chi connectivity index (χ4n) is 5.40. The number of thiazole rings is 1. The number of carbonyl (C=O) groups is 2. The molecule has 1 aliphatic rings. The first-order valence-electron chi connectivity index (χ1n) is 15.7. The van der Waals surface area contributed by atoms with E-state index < -0.39 is 33.5 Å². The largest absolute Gasteiger partial charge is 0.444 e. The summed E-state index contributed by atoms with van der Waals surface area (Å²) in [4.78, 5) is 39.7. The highest BCUT2D eigenvalue weighted by atomic mass is 32.2. The first-order chi connectivity index (χ1) is 22.4. The van der Waals surface area contributed by atoms with Gasteiger partial charge in [-0.25, -0.2) is 24.5 Å². The Labute approximate surface area is 284 Å². The fourth-order valence-corrected chi connectivity index (χ4v) is 6.65. The molecule has 4 heterocycles. The SMILES string of the molecule is Cc1nc2ccc(N(C(=O)OC(C)(C)C)c3c(CCOS(C)(=O)=O)c(N[C@H]4CCCN(C(=O)OC(C)(C)C)C4)nc4ccnn34)cc2s1. The topological polar surface area (TPSA) is 158 Å². The zero-order chi connectivity index (χ0) is 35.0. The predicted octanol–water partition coefficient (Wildman–Crippen LogP) is 6.05. The number of hydrogen-bond donors (Lipinski definition) is 1. The molecule has 260 valence electrons. The molecule has 1 aliphatic heterocycles. The normalized spacial score (nSPS) is 15.9. The van der Waals surface area contributed by atoms with Gasteiger partial charge in [0.25, 0.3) is 10.1 Å². The Hall–Kier alpha value is -4.02. The molecule has 0 spiro atoms. The van der Waals surface area contributed by atoms with Gasteiger partial charge in [-0.05, 0) is 79.5 Å². The van der Waals surface area contributed by atoms with E-state index in [1.807, 2.05) is 39.8 Å². The number of benzene rings is 1. The van der Waals surface area contributed by atoms with Crippen molar-refractivity contribution in [1.29, 1.82) is 0 Å².